The molecule has 0 saturated heterocycles. The molecule has 0 N–H and O–H groups in total. The van der Waals surface area contributed by atoms with Crippen molar-refractivity contribution in [2.75, 3.05) is 26.9 Å². The van der Waals surface area contributed by atoms with Crippen molar-refractivity contribution in [2.45, 2.75) is 26.2 Å². The third-order valence-electron chi connectivity index (χ3n) is 3.09. The number of hydrogen-bond donors (Lipinski definition) is 0. The van der Waals surface area contributed by atoms with Crippen molar-refractivity contribution in [3.8, 4) is 11.5 Å². The van der Waals surface area contributed by atoms with Crippen molar-refractivity contribution >= 4 is 15.9 Å². The number of ether oxygens (including phenoxy) is 3. The third kappa shape index (κ3) is 2.81. The van der Waals surface area contributed by atoms with Crippen molar-refractivity contribution in [3.63, 3.8) is 0 Å². The van der Waals surface area contributed by atoms with Gasteiger partial charge in [0.2, 0.25) is 0 Å². The number of methoxy groups -OCH3 is 1. The molecule has 0 aliphatic carbocycles. The molecule has 0 radical (unpaired) electrons. The summed E-state index contributed by atoms with van der Waals surface area (Å²) in [6.45, 7) is 4.30. The molecule has 1 heterocycles. The van der Waals surface area contributed by atoms with Crippen LogP contribution in [0.15, 0.2) is 10.5 Å². The molecule has 100 valence electrons. The van der Waals surface area contributed by atoms with Crippen LogP contribution in [-0.4, -0.2) is 26.9 Å². The van der Waals surface area contributed by atoms with Crippen LogP contribution in [0, 0.1) is 0 Å². The number of benzene rings is 1. The first-order valence-corrected chi connectivity index (χ1v) is 7.16. The summed E-state index contributed by atoms with van der Waals surface area (Å²) < 4.78 is 17.7. The quantitative estimate of drug-likeness (QED) is 0.754. The molecule has 0 fully saturated rings. The van der Waals surface area contributed by atoms with Crippen LogP contribution in [0.2, 0.25) is 0 Å². The summed E-state index contributed by atoms with van der Waals surface area (Å²) in [7, 11) is 1.71. The monoisotopic (exact) mass is 314 g/mol. The Morgan fingerprint density at radius 3 is 2.94 bits per heavy atom. The zero-order valence-electron chi connectivity index (χ0n) is 10.9. The number of aryl methyl sites for hydroxylation is 1. The highest BCUT2D eigenvalue weighted by Gasteiger charge is 2.22. The van der Waals surface area contributed by atoms with Gasteiger partial charge in [-0.2, -0.15) is 0 Å². The first-order chi connectivity index (χ1) is 8.77. The topological polar surface area (TPSA) is 27.7 Å². The minimum absolute atomic E-state index is 0.686. The summed E-state index contributed by atoms with van der Waals surface area (Å²) in [5.41, 5.74) is 2.42. The van der Waals surface area contributed by atoms with Crippen LogP contribution in [0.5, 0.6) is 11.5 Å². The van der Waals surface area contributed by atoms with Gasteiger partial charge in [0.1, 0.15) is 11.5 Å². The third-order valence-corrected chi connectivity index (χ3v) is 3.96. The van der Waals surface area contributed by atoms with E-state index in [1.807, 2.05) is 0 Å². The van der Waals surface area contributed by atoms with Gasteiger partial charge in [0.05, 0.1) is 17.7 Å². The Hall–Kier alpha value is -0.740. The maximum absolute atomic E-state index is 5.87. The van der Waals surface area contributed by atoms with E-state index in [0.29, 0.717) is 6.61 Å². The molecule has 2 rings (SSSR count). The van der Waals surface area contributed by atoms with Gasteiger partial charge in [-0.05, 0) is 34.0 Å². The molecule has 0 unspecified atom stereocenters. The van der Waals surface area contributed by atoms with E-state index in [9.17, 15) is 0 Å². The predicted molar refractivity (Wildman–Crippen MR) is 74.7 cm³/mol. The van der Waals surface area contributed by atoms with Crippen molar-refractivity contribution in [1.29, 1.82) is 0 Å². The molecule has 1 aliphatic rings. The van der Waals surface area contributed by atoms with Gasteiger partial charge in [-0.1, -0.05) is 6.92 Å². The zero-order valence-corrected chi connectivity index (χ0v) is 12.5. The van der Waals surface area contributed by atoms with Crippen LogP contribution in [0.25, 0.3) is 0 Å². The van der Waals surface area contributed by atoms with Crippen LogP contribution in [0.1, 0.15) is 24.5 Å². The van der Waals surface area contributed by atoms with Crippen LogP contribution in [0.3, 0.4) is 0 Å². The fourth-order valence-corrected chi connectivity index (χ4v) is 2.86. The summed E-state index contributed by atoms with van der Waals surface area (Å²) in [5.74, 6) is 1.94. The Morgan fingerprint density at radius 2 is 2.22 bits per heavy atom. The predicted octanol–water partition coefficient (Wildman–Crippen LogP) is 3.36. The SMILES string of the molecule is CCc1cc(OCCCOC)c2c(c1Br)OCC2. The zero-order chi connectivity index (χ0) is 13.0. The van der Waals surface area contributed by atoms with E-state index < -0.39 is 0 Å². The van der Waals surface area contributed by atoms with Crippen molar-refractivity contribution in [2.24, 2.45) is 0 Å². The average Bonchev–Trinajstić information content (AvgIpc) is 2.87. The molecule has 18 heavy (non-hydrogen) atoms. The second kappa shape index (κ2) is 6.43. The van der Waals surface area contributed by atoms with E-state index in [1.165, 1.54) is 11.1 Å². The number of halogens is 1. The Morgan fingerprint density at radius 1 is 1.39 bits per heavy atom. The van der Waals surface area contributed by atoms with E-state index in [-0.39, 0.29) is 0 Å². The second-order valence-corrected chi connectivity index (χ2v) is 5.10. The summed E-state index contributed by atoms with van der Waals surface area (Å²) in [4.78, 5) is 0. The van der Waals surface area contributed by atoms with Gasteiger partial charge in [0.25, 0.3) is 0 Å². The number of fused-ring (bicyclic) bond motifs is 1. The van der Waals surface area contributed by atoms with Gasteiger partial charge >= 0.3 is 0 Å². The van der Waals surface area contributed by atoms with Crippen molar-refractivity contribution in [1.82, 2.24) is 0 Å². The maximum Gasteiger partial charge on any atom is 0.140 e. The first-order valence-electron chi connectivity index (χ1n) is 6.36. The molecule has 0 spiro atoms. The van der Waals surface area contributed by atoms with Crippen LogP contribution in [0.4, 0.5) is 0 Å². The lowest BCUT2D eigenvalue weighted by Gasteiger charge is -2.14. The highest BCUT2D eigenvalue weighted by atomic mass is 79.9. The Labute approximate surface area is 117 Å². The number of rotatable bonds is 6. The van der Waals surface area contributed by atoms with Gasteiger partial charge in [0.15, 0.2) is 0 Å². The summed E-state index contributed by atoms with van der Waals surface area (Å²) in [5, 5.41) is 0. The van der Waals surface area contributed by atoms with Crippen molar-refractivity contribution < 1.29 is 14.2 Å². The molecule has 4 heteroatoms. The smallest absolute Gasteiger partial charge is 0.140 e. The number of hydrogen-bond acceptors (Lipinski definition) is 3. The fourth-order valence-electron chi connectivity index (χ4n) is 2.11. The summed E-state index contributed by atoms with van der Waals surface area (Å²) >= 11 is 3.62. The van der Waals surface area contributed by atoms with E-state index >= 15 is 0 Å². The molecule has 0 amide bonds. The molecular weight excluding hydrogens is 296 g/mol. The van der Waals surface area contributed by atoms with Crippen molar-refractivity contribution in [3.05, 3.63) is 21.7 Å². The lowest BCUT2D eigenvalue weighted by molar-refractivity contribution is 0.172. The summed E-state index contributed by atoms with van der Waals surface area (Å²) in [6, 6.07) is 2.13. The van der Waals surface area contributed by atoms with Gasteiger partial charge in [-0.15, -0.1) is 0 Å². The van der Waals surface area contributed by atoms with E-state index in [0.717, 1.165) is 48.4 Å². The lowest BCUT2D eigenvalue weighted by atomic mass is 10.1. The molecule has 1 aliphatic heterocycles. The largest absolute Gasteiger partial charge is 0.493 e. The van der Waals surface area contributed by atoms with E-state index in [4.69, 9.17) is 14.2 Å². The molecule has 1 aromatic carbocycles. The molecule has 0 aromatic heterocycles. The van der Waals surface area contributed by atoms with Gasteiger partial charge in [-0.3, -0.25) is 0 Å². The highest BCUT2D eigenvalue weighted by molar-refractivity contribution is 9.10. The van der Waals surface area contributed by atoms with Gasteiger partial charge in [-0.25, -0.2) is 0 Å². The van der Waals surface area contributed by atoms with Gasteiger partial charge < -0.3 is 14.2 Å². The minimum Gasteiger partial charge on any atom is -0.493 e. The Kier molecular flexibility index (Phi) is 4.89. The molecule has 3 nitrogen and oxygen atoms in total. The van der Waals surface area contributed by atoms with Crippen LogP contribution in [-0.2, 0) is 17.6 Å². The molecule has 0 saturated carbocycles. The van der Waals surface area contributed by atoms with E-state index in [2.05, 4.69) is 28.9 Å². The van der Waals surface area contributed by atoms with Gasteiger partial charge in [0, 0.05) is 32.1 Å². The highest BCUT2D eigenvalue weighted by Crippen LogP contribution is 2.42. The molecule has 1 aromatic rings. The minimum atomic E-state index is 0.686. The maximum atomic E-state index is 5.87. The van der Waals surface area contributed by atoms with E-state index in [1.54, 1.807) is 7.11 Å². The van der Waals surface area contributed by atoms with Crippen LogP contribution >= 0.6 is 15.9 Å². The lowest BCUT2D eigenvalue weighted by Crippen LogP contribution is -2.03. The molecule has 0 atom stereocenters. The standard InChI is InChI=1S/C14H19BrO3/c1-3-10-9-12(17-7-4-6-16-2)11-5-8-18-14(11)13(10)15/h9H,3-8H2,1-2H3. The average molecular weight is 315 g/mol. The normalized spacial score (nSPS) is 13.3. The fraction of sp³-hybridized carbons (Fsp3) is 0.571. The Balaban J connectivity index is 2.16. The molecular formula is C14H19BrO3. The Bertz CT molecular complexity index is 418. The first kappa shape index (κ1) is 13.7. The second-order valence-electron chi connectivity index (χ2n) is 4.30. The summed E-state index contributed by atoms with van der Waals surface area (Å²) in [6.07, 6.45) is 2.80. The molecule has 0 bridgehead atoms. The van der Waals surface area contributed by atoms with Crippen LogP contribution < -0.4 is 9.47 Å².